The van der Waals surface area contributed by atoms with Crippen molar-refractivity contribution in [1.82, 2.24) is 5.32 Å². The molecule has 1 aromatic rings. The Hall–Kier alpha value is -1.91. The van der Waals surface area contributed by atoms with Crippen molar-refractivity contribution >= 4 is 11.9 Å². The molecule has 5 heteroatoms. The first-order valence-corrected chi connectivity index (χ1v) is 5.28. The molecule has 1 rings (SSSR count). The smallest absolute Gasteiger partial charge is 0.325 e. The van der Waals surface area contributed by atoms with Gasteiger partial charge in [0.15, 0.2) is 0 Å². The van der Waals surface area contributed by atoms with E-state index in [4.69, 9.17) is 0 Å². The van der Waals surface area contributed by atoms with Gasteiger partial charge in [-0.25, -0.2) is 4.39 Å². The normalized spacial score (nSPS) is 9.76. The molecular formula is C12H14FNO3. The molecule has 0 aliphatic heterocycles. The predicted octanol–water partition coefficient (Wildman–Crippen LogP) is 1.05. The zero-order chi connectivity index (χ0) is 12.7. The largest absolute Gasteiger partial charge is 0.465 e. The van der Waals surface area contributed by atoms with Crippen LogP contribution in [0.15, 0.2) is 24.3 Å². The first kappa shape index (κ1) is 13.2. The number of esters is 1. The van der Waals surface area contributed by atoms with Crippen LogP contribution in [0.3, 0.4) is 0 Å². The number of carbonyl (C=O) groups is 2. The maximum Gasteiger partial charge on any atom is 0.325 e. The second-order valence-electron chi connectivity index (χ2n) is 3.38. The molecule has 0 aliphatic carbocycles. The van der Waals surface area contributed by atoms with Crippen molar-refractivity contribution in [3.05, 3.63) is 35.6 Å². The van der Waals surface area contributed by atoms with E-state index in [1.165, 1.54) is 24.3 Å². The number of nitrogens with one attached hydrogen (secondary N) is 1. The molecule has 0 radical (unpaired) electrons. The average Bonchev–Trinajstić information content (AvgIpc) is 2.30. The molecule has 0 unspecified atom stereocenters. The Balaban J connectivity index is 2.34. The summed E-state index contributed by atoms with van der Waals surface area (Å²) in [5.74, 6) is -1.12. The van der Waals surface area contributed by atoms with Gasteiger partial charge in [-0.3, -0.25) is 9.59 Å². The Kier molecular flexibility index (Phi) is 5.13. The minimum absolute atomic E-state index is 0.111. The first-order chi connectivity index (χ1) is 8.11. The van der Waals surface area contributed by atoms with Crippen molar-refractivity contribution < 1.29 is 18.7 Å². The van der Waals surface area contributed by atoms with Crippen LogP contribution in [-0.2, 0) is 20.7 Å². The van der Waals surface area contributed by atoms with E-state index in [2.05, 4.69) is 10.1 Å². The van der Waals surface area contributed by atoms with E-state index < -0.39 is 5.97 Å². The van der Waals surface area contributed by atoms with Crippen molar-refractivity contribution in [2.24, 2.45) is 0 Å². The summed E-state index contributed by atoms with van der Waals surface area (Å²) in [5, 5.41) is 2.42. The van der Waals surface area contributed by atoms with Crippen LogP contribution in [0, 0.1) is 5.82 Å². The third-order valence-corrected chi connectivity index (χ3v) is 2.01. The lowest BCUT2D eigenvalue weighted by Crippen LogP contribution is -2.31. The second-order valence-corrected chi connectivity index (χ2v) is 3.38. The van der Waals surface area contributed by atoms with Crippen LogP contribution in [0.5, 0.6) is 0 Å². The molecule has 0 saturated heterocycles. The van der Waals surface area contributed by atoms with E-state index >= 15 is 0 Å². The van der Waals surface area contributed by atoms with Gasteiger partial charge < -0.3 is 10.1 Å². The fraction of sp³-hybridized carbons (Fsp3) is 0.333. The summed E-state index contributed by atoms with van der Waals surface area (Å²) in [6, 6.07) is 5.63. The number of ether oxygens (including phenoxy) is 1. The van der Waals surface area contributed by atoms with Crippen molar-refractivity contribution in [3.63, 3.8) is 0 Å². The molecule has 92 valence electrons. The highest BCUT2D eigenvalue weighted by molar-refractivity contribution is 5.83. The van der Waals surface area contributed by atoms with Crippen LogP contribution in [0.2, 0.25) is 0 Å². The van der Waals surface area contributed by atoms with Crippen molar-refractivity contribution in [1.29, 1.82) is 0 Å². The molecule has 0 spiro atoms. The Morgan fingerprint density at radius 2 is 1.94 bits per heavy atom. The number of halogens is 1. The minimum Gasteiger partial charge on any atom is -0.465 e. The number of hydrogen-bond acceptors (Lipinski definition) is 3. The topological polar surface area (TPSA) is 55.4 Å². The molecule has 17 heavy (non-hydrogen) atoms. The van der Waals surface area contributed by atoms with Crippen molar-refractivity contribution in [2.75, 3.05) is 13.2 Å². The van der Waals surface area contributed by atoms with Gasteiger partial charge in [0.05, 0.1) is 13.0 Å². The van der Waals surface area contributed by atoms with Gasteiger partial charge in [-0.2, -0.15) is 0 Å². The van der Waals surface area contributed by atoms with E-state index in [9.17, 15) is 14.0 Å². The Labute approximate surface area is 98.8 Å². The fourth-order valence-electron chi connectivity index (χ4n) is 1.23. The van der Waals surface area contributed by atoms with Crippen molar-refractivity contribution in [3.8, 4) is 0 Å². The third-order valence-electron chi connectivity index (χ3n) is 2.01. The van der Waals surface area contributed by atoms with Gasteiger partial charge in [-0.15, -0.1) is 0 Å². The molecule has 0 saturated carbocycles. The maximum atomic E-state index is 12.6. The van der Waals surface area contributed by atoms with Crippen LogP contribution in [-0.4, -0.2) is 25.0 Å². The van der Waals surface area contributed by atoms with Crippen LogP contribution < -0.4 is 5.32 Å². The summed E-state index contributed by atoms with van der Waals surface area (Å²) in [6.45, 7) is 1.83. The second kappa shape index (κ2) is 6.62. The van der Waals surface area contributed by atoms with Crippen LogP contribution in [0.4, 0.5) is 4.39 Å². The van der Waals surface area contributed by atoms with Gasteiger partial charge in [-0.1, -0.05) is 12.1 Å². The summed E-state index contributed by atoms with van der Waals surface area (Å²) in [4.78, 5) is 22.4. The van der Waals surface area contributed by atoms with Gasteiger partial charge in [-0.05, 0) is 24.6 Å². The summed E-state index contributed by atoms with van der Waals surface area (Å²) < 4.78 is 17.3. The highest BCUT2D eigenvalue weighted by Gasteiger charge is 2.06. The number of hydrogen-bond donors (Lipinski definition) is 1. The van der Waals surface area contributed by atoms with Gasteiger partial charge in [0.1, 0.15) is 12.4 Å². The zero-order valence-corrected chi connectivity index (χ0v) is 9.53. The van der Waals surface area contributed by atoms with E-state index in [0.717, 1.165) is 0 Å². The van der Waals surface area contributed by atoms with Gasteiger partial charge in [0.2, 0.25) is 5.91 Å². The average molecular weight is 239 g/mol. The Morgan fingerprint density at radius 1 is 1.29 bits per heavy atom. The Bertz CT molecular complexity index is 389. The molecule has 0 heterocycles. The molecule has 1 N–H and O–H groups in total. The molecule has 4 nitrogen and oxygen atoms in total. The molecular weight excluding hydrogens is 225 g/mol. The third kappa shape index (κ3) is 5.10. The predicted molar refractivity (Wildman–Crippen MR) is 59.7 cm³/mol. The maximum absolute atomic E-state index is 12.6. The molecule has 0 aliphatic rings. The van der Waals surface area contributed by atoms with E-state index in [-0.39, 0.29) is 31.3 Å². The number of benzene rings is 1. The summed E-state index contributed by atoms with van der Waals surface area (Å²) in [6.07, 6.45) is 0.111. The molecule has 1 aromatic carbocycles. The van der Waals surface area contributed by atoms with Gasteiger partial charge in [0.25, 0.3) is 0 Å². The number of rotatable bonds is 5. The fourth-order valence-corrected chi connectivity index (χ4v) is 1.23. The van der Waals surface area contributed by atoms with Crippen LogP contribution >= 0.6 is 0 Å². The van der Waals surface area contributed by atoms with E-state index in [1.54, 1.807) is 6.92 Å². The lowest BCUT2D eigenvalue weighted by atomic mass is 10.1. The lowest BCUT2D eigenvalue weighted by molar-refractivity contribution is -0.143. The summed E-state index contributed by atoms with van der Waals surface area (Å²) in [7, 11) is 0. The van der Waals surface area contributed by atoms with Gasteiger partial charge in [0, 0.05) is 0 Å². The quantitative estimate of drug-likeness (QED) is 0.781. The summed E-state index contributed by atoms with van der Waals surface area (Å²) >= 11 is 0. The van der Waals surface area contributed by atoms with Crippen molar-refractivity contribution in [2.45, 2.75) is 13.3 Å². The number of carbonyl (C=O) groups excluding carboxylic acids is 2. The molecule has 0 fully saturated rings. The first-order valence-electron chi connectivity index (χ1n) is 5.28. The molecule has 0 aromatic heterocycles. The zero-order valence-electron chi connectivity index (χ0n) is 9.53. The summed E-state index contributed by atoms with van der Waals surface area (Å²) in [5.41, 5.74) is 0.688. The number of amides is 1. The molecule has 0 bridgehead atoms. The highest BCUT2D eigenvalue weighted by Crippen LogP contribution is 2.03. The Morgan fingerprint density at radius 3 is 2.53 bits per heavy atom. The van der Waals surface area contributed by atoms with E-state index in [0.29, 0.717) is 5.56 Å². The van der Waals surface area contributed by atoms with Crippen LogP contribution in [0.1, 0.15) is 12.5 Å². The molecule has 0 atom stereocenters. The SMILES string of the molecule is CCOC(=O)CNC(=O)Cc1ccc(F)cc1. The standard InChI is InChI=1S/C12H14FNO3/c1-2-17-12(16)8-14-11(15)7-9-3-5-10(13)6-4-9/h3-6H,2,7-8H2,1H3,(H,14,15). The van der Waals surface area contributed by atoms with E-state index in [1.807, 2.05) is 0 Å². The van der Waals surface area contributed by atoms with Crippen LogP contribution in [0.25, 0.3) is 0 Å². The van der Waals surface area contributed by atoms with Gasteiger partial charge >= 0.3 is 5.97 Å². The monoisotopic (exact) mass is 239 g/mol. The highest BCUT2D eigenvalue weighted by atomic mass is 19.1. The molecule has 1 amide bonds. The lowest BCUT2D eigenvalue weighted by Gasteiger charge is -2.04. The minimum atomic E-state index is -0.472.